The monoisotopic (exact) mass is 339 g/mol. The van der Waals surface area contributed by atoms with Crippen LogP contribution >= 0.6 is 0 Å². The van der Waals surface area contributed by atoms with Crippen molar-refractivity contribution >= 4 is 10.9 Å². The second-order valence-electron chi connectivity index (χ2n) is 7.03. The molecule has 1 aromatic carbocycles. The molecule has 1 spiro atoms. The Bertz CT molecular complexity index is 1060. The van der Waals surface area contributed by atoms with E-state index in [4.69, 9.17) is 0 Å². The molecule has 126 valence electrons. The lowest BCUT2D eigenvalue weighted by molar-refractivity contribution is 0.0470. The molecule has 2 aromatic heterocycles. The van der Waals surface area contributed by atoms with Crippen LogP contribution in [-0.2, 0) is 13.0 Å². The third-order valence-electron chi connectivity index (χ3n) is 5.49. The van der Waals surface area contributed by atoms with E-state index >= 15 is 0 Å². The lowest BCUT2D eigenvalue weighted by Crippen LogP contribution is -2.35. The molecule has 0 saturated heterocycles. The summed E-state index contributed by atoms with van der Waals surface area (Å²) in [7, 11) is 0. The van der Waals surface area contributed by atoms with E-state index in [1.54, 1.807) is 12.3 Å². The Kier molecular flexibility index (Phi) is 2.77. The van der Waals surface area contributed by atoms with Crippen molar-refractivity contribution in [3.05, 3.63) is 58.8 Å². The largest absolute Gasteiger partial charge is 0.295 e. The first-order valence-corrected chi connectivity index (χ1v) is 8.32. The highest BCUT2D eigenvalue weighted by atomic mass is 19.3. The number of aromatic nitrogens is 3. The molecule has 5 rings (SSSR count). The summed E-state index contributed by atoms with van der Waals surface area (Å²) in [5.74, 6) is -2.05. The molecule has 0 N–H and O–H groups in total. The molecule has 3 heterocycles. The standard InChI is InChI=1S/C19H15F2N3O/c20-19(21)10-18(19)7-6-16-23-15-9-12(14-3-1-2-8-22-14)4-5-13(15)17(25)24(16)11-18/h1-5,8-9H,6-7,10-11H2. The SMILES string of the molecule is O=c1c2ccc(-c3ccccn3)cc2nc2n1CC1(CC2)CC1(F)F. The van der Waals surface area contributed by atoms with Crippen LogP contribution in [0.3, 0.4) is 0 Å². The van der Waals surface area contributed by atoms with Gasteiger partial charge in [-0.2, -0.15) is 0 Å². The van der Waals surface area contributed by atoms with Crippen molar-refractivity contribution in [2.45, 2.75) is 31.7 Å². The van der Waals surface area contributed by atoms with Gasteiger partial charge in [0.2, 0.25) is 0 Å². The quantitative estimate of drug-likeness (QED) is 0.682. The fourth-order valence-corrected chi connectivity index (χ4v) is 3.87. The van der Waals surface area contributed by atoms with Gasteiger partial charge >= 0.3 is 0 Å². The lowest BCUT2D eigenvalue weighted by atomic mass is 9.95. The molecule has 0 bridgehead atoms. The van der Waals surface area contributed by atoms with E-state index in [1.807, 2.05) is 30.3 Å². The molecule has 4 nitrogen and oxygen atoms in total. The number of aryl methyl sites for hydroxylation is 1. The maximum atomic E-state index is 13.7. The van der Waals surface area contributed by atoms with Gasteiger partial charge in [0.25, 0.3) is 11.5 Å². The summed E-state index contributed by atoms with van der Waals surface area (Å²) >= 11 is 0. The van der Waals surface area contributed by atoms with Crippen LogP contribution in [0.2, 0.25) is 0 Å². The van der Waals surface area contributed by atoms with Crippen LogP contribution in [0, 0.1) is 5.41 Å². The zero-order chi connectivity index (χ0) is 17.2. The average molecular weight is 339 g/mol. The van der Waals surface area contributed by atoms with Crippen LogP contribution in [0.15, 0.2) is 47.4 Å². The van der Waals surface area contributed by atoms with Gasteiger partial charge in [-0.15, -0.1) is 0 Å². The van der Waals surface area contributed by atoms with E-state index in [0.717, 1.165) is 11.3 Å². The van der Waals surface area contributed by atoms with Gasteiger partial charge in [0, 0.05) is 31.1 Å². The second kappa shape index (κ2) is 4.71. The van der Waals surface area contributed by atoms with Crippen molar-refractivity contribution in [1.29, 1.82) is 0 Å². The molecule has 0 amide bonds. The molecular formula is C19H15F2N3O. The molecule has 25 heavy (non-hydrogen) atoms. The van der Waals surface area contributed by atoms with Crippen molar-refractivity contribution < 1.29 is 8.78 Å². The predicted octanol–water partition coefficient (Wildman–Crippen LogP) is 3.43. The normalized spacial score (nSPS) is 23.6. The number of nitrogens with zero attached hydrogens (tertiary/aromatic N) is 3. The lowest BCUT2D eigenvalue weighted by Gasteiger charge is -2.26. The number of hydrogen-bond donors (Lipinski definition) is 0. The summed E-state index contributed by atoms with van der Waals surface area (Å²) in [5.41, 5.74) is 1.02. The zero-order valence-electron chi connectivity index (χ0n) is 13.4. The Balaban J connectivity index is 1.64. The highest BCUT2D eigenvalue weighted by molar-refractivity contribution is 5.83. The fraction of sp³-hybridized carbons (Fsp3) is 0.316. The number of alkyl halides is 2. The number of fused-ring (bicyclic) bond motifs is 2. The summed E-state index contributed by atoms with van der Waals surface area (Å²) < 4.78 is 28.9. The van der Waals surface area contributed by atoms with Crippen LogP contribution in [0.4, 0.5) is 8.78 Å². The maximum Gasteiger partial charge on any atom is 0.261 e. The second-order valence-corrected chi connectivity index (χ2v) is 7.03. The van der Waals surface area contributed by atoms with Crippen LogP contribution in [-0.4, -0.2) is 20.5 Å². The Labute approximate surface area is 142 Å². The Morgan fingerprint density at radius 2 is 2.00 bits per heavy atom. The maximum absolute atomic E-state index is 13.7. The first-order chi connectivity index (χ1) is 12.0. The number of rotatable bonds is 1. The Morgan fingerprint density at radius 1 is 1.16 bits per heavy atom. The Hall–Kier alpha value is -2.63. The molecule has 0 radical (unpaired) electrons. The van der Waals surface area contributed by atoms with Crippen molar-refractivity contribution in [2.24, 2.45) is 5.41 Å². The molecule has 3 aromatic rings. The van der Waals surface area contributed by atoms with Crippen molar-refractivity contribution in [3.8, 4) is 11.3 Å². The summed E-state index contributed by atoms with van der Waals surface area (Å²) in [5, 5.41) is 0.462. The van der Waals surface area contributed by atoms with Crippen molar-refractivity contribution in [3.63, 3.8) is 0 Å². The van der Waals surface area contributed by atoms with Gasteiger partial charge in [-0.3, -0.25) is 14.3 Å². The summed E-state index contributed by atoms with van der Waals surface area (Å²) in [6, 6.07) is 11.0. The highest BCUT2D eigenvalue weighted by Gasteiger charge is 2.71. The average Bonchev–Trinajstić information content (AvgIpc) is 3.15. The van der Waals surface area contributed by atoms with Gasteiger partial charge in [0.15, 0.2) is 0 Å². The van der Waals surface area contributed by atoms with Crippen LogP contribution < -0.4 is 5.56 Å². The molecule has 6 heteroatoms. The molecule has 1 aliphatic heterocycles. The van der Waals surface area contributed by atoms with Crippen LogP contribution in [0.5, 0.6) is 0 Å². The number of pyridine rings is 1. The predicted molar refractivity (Wildman–Crippen MR) is 89.6 cm³/mol. The Morgan fingerprint density at radius 3 is 2.72 bits per heavy atom. The van der Waals surface area contributed by atoms with Gasteiger partial charge < -0.3 is 0 Å². The third-order valence-corrected chi connectivity index (χ3v) is 5.49. The van der Waals surface area contributed by atoms with E-state index in [0.29, 0.717) is 29.6 Å². The number of hydrogen-bond acceptors (Lipinski definition) is 3. The van der Waals surface area contributed by atoms with E-state index < -0.39 is 11.3 Å². The molecule has 1 atom stereocenters. The molecule has 2 aliphatic rings. The van der Waals surface area contributed by atoms with E-state index in [1.165, 1.54) is 4.57 Å². The van der Waals surface area contributed by atoms with Gasteiger partial charge in [-0.25, -0.2) is 13.8 Å². The number of benzene rings is 1. The fourth-order valence-electron chi connectivity index (χ4n) is 3.87. The van der Waals surface area contributed by atoms with E-state index in [9.17, 15) is 13.6 Å². The minimum atomic E-state index is -2.65. The van der Waals surface area contributed by atoms with E-state index in [-0.39, 0.29) is 18.5 Å². The molecule has 1 saturated carbocycles. The van der Waals surface area contributed by atoms with Gasteiger partial charge in [0.1, 0.15) is 5.82 Å². The zero-order valence-corrected chi connectivity index (χ0v) is 13.4. The smallest absolute Gasteiger partial charge is 0.261 e. The molecular weight excluding hydrogens is 324 g/mol. The van der Waals surface area contributed by atoms with E-state index in [2.05, 4.69) is 9.97 Å². The van der Waals surface area contributed by atoms with Gasteiger partial charge in [0.05, 0.1) is 22.0 Å². The van der Waals surface area contributed by atoms with Crippen molar-refractivity contribution in [2.75, 3.05) is 0 Å². The minimum Gasteiger partial charge on any atom is -0.295 e. The summed E-state index contributed by atoms with van der Waals surface area (Å²) in [6.07, 6.45) is 2.39. The van der Waals surface area contributed by atoms with Crippen LogP contribution in [0.25, 0.3) is 22.2 Å². The van der Waals surface area contributed by atoms with Gasteiger partial charge in [-0.1, -0.05) is 12.1 Å². The molecule has 1 unspecified atom stereocenters. The summed E-state index contributed by atoms with van der Waals surface area (Å²) in [6.45, 7) is 0.0686. The topological polar surface area (TPSA) is 47.8 Å². The number of halogens is 2. The van der Waals surface area contributed by atoms with Crippen molar-refractivity contribution in [1.82, 2.24) is 14.5 Å². The first-order valence-electron chi connectivity index (χ1n) is 8.32. The molecule has 1 fully saturated rings. The third kappa shape index (κ3) is 2.06. The van der Waals surface area contributed by atoms with Crippen LogP contribution in [0.1, 0.15) is 18.7 Å². The minimum absolute atomic E-state index is 0.0686. The highest BCUT2D eigenvalue weighted by Crippen LogP contribution is 2.64. The first kappa shape index (κ1) is 14.7. The van der Waals surface area contributed by atoms with Gasteiger partial charge in [-0.05, 0) is 30.7 Å². The molecule has 1 aliphatic carbocycles. The summed E-state index contributed by atoms with van der Waals surface area (Å²) in [4.78, 5) is 21.7.